The Bertz CT molecular complexity index is 539. The maximum absolute atomic E-state index is 11.6. The topological polar surface area (TPSA) is 77.3 Å². The second-order valence-corrected chi connectivity index (χ2v) is 5.88. The molecule has 0 spiro atoms. The number of aryl methyl sites for hydroxylation is 1. The molecule has 0 aliphatic heterocycles. The first-order valence-electron chi connectivity index (χ1n) is 4.47. The number of sulfone groups is 1. The van der Waals surface area contributed by atoms with E-state index < -0.39 is 14.8 Å². The van der Waals surface area contributed by atoms with Crippen LogP contribution in [0.5, 0.6) is 0 Å². The fourth-order valence-electron chi connectivity index (χ4n) is 1.27. The standard InChI is InChI=1S/C9H10ClNO4S/c1-3-16(14,15)9-5-8(11(12)13)7(10)4-6(9)2/h4-5H,3H2,1-2H3. The second kappa shape index (κ2) is 4.39. The Labute approximate surface area is 98.1 Å². The Balaban J connectivity index is 3.55. The molecule has 0 radical (unpaired) electrons. The van der Waals surface area contributed by atoms with Gasteiger partial charge in [0.1, 0.15) is 5.02 Å². The highest BCUT2D eigenvalue weighted by Gasteiger charge is 2.21. The summed E-state index contributed by atoms with van der Waals surface area (Å²) in [5, 5.41) is 10.6. The summed E-state index contributed by atoms with van der Waals surface area (Å²) in [6, 6.07) is 2.30. The number of hydrogen-bond acceptors (Lipinski definition) is 4. The molecular weight excluding hydrogens is 254 g/mol. The highest BCUT2D eigenvalue weighted by Crippen LogP contribution is 2.30. The summed E-state index contributed by atoms with van der Waals surface area (Å²) in [5.41, 5.74) is 0.0248. The lowest BCUT2D eigenvalue weighted by Crippen LogP contribution is -2.06. The van der Waals surface area contributed by atoms with Crippen molar-refractivity contribution in [2.75, 3.05) is 5.75 Å². The zero-order valence-electron chi connectivity index (χ0n) is 8.73. The van der Waals surface area contributed by atoms with Crippen LogP contribution < -0.4 is 0 Å². The predicted octanol–water partition coefficient (Wildman–Crippen LogP) is 2.35. The van der Waals surface area contributed by atoms with Crippen LogP contribution in [0.3, 0.4) is 0 Å². The quantitative estimate of drug-likeness (QED) is 0.619. The monoisotopic (exact) mass is 263 g/mol. The molecule has 0 aliphatic rings. The Kier molecular flexibility index (Phi) is 3.54. The molecule has 0 aromatic heterocycles. The SMILES string of the molecule is CCS(=O)(=O)c1cc([N+](=O)[O-])c(Cl)cc1C. The van der Waals surface area contributed by atoms with Crippen molar-refractivity contribution in [3.8, 4) is 0 Å². The first-order valence-corrected chi connectivity index (χ1v) is 6.50. The third-order valence-corrected chi connectivity index (χ3v) is 4.33. The van der Waals surface area contributed by atoms with Crippen LogP contribution in [-0.2, 0) is 9.84 Å². The second-order valence-electron chi connectivity index (χ2n) is 3.23. The molecule has 88 valence electrons. The minimum absolute atomic E-state index is 0.0360. The fraction of sp³-hybridized carbons (Fsp3) is 0.333. The van der Waals surface area contributed by atoms with E-state index in [4.69, 9.17) is 11.6 Å². The van der Waals surface area contributed by atoms with E-state index in [1.807, 2.05) is 0 Å². The molecule has 1 rings (SSSR count). The van der Waals surface area contributed by atoms with E-state index >= 15 is 0 Å². The van der Waals surface area contributed by atoms with Gasteiger partial charge >= 0.3 is 0 Å². The molecule has 7 heteroatoms. The van der Waals surface area contributed by atoms with Crippen molar-refractivity contribution in [2.45, 2.75) is 18.7 Å². The molecule has 0 heterocycles. The predicted molar refractivity (Wildman–Crippen MR) is 60.6 cm³/mol. The van der Waals surface area contributed by atoms with Crippen LogP contribution in [0.4, 0.5) is 5.69 Å². The summed E-state index contributed by atoms with van der Waals surface area (Å²) in [5.74, 6) is -0.105. The van der Waals surface area contributed by atoms with Crippen LogP contribution in [0, 0.1) is 17.0 Å². The Morgan fingerprint density at radius 1 is 1.44 bits per heavy atom. The van der Waals surface area contributed by atoms with Gasteiger partial charge in [0.25, 0.3) is 5.69 Å². The van der Waals surface area contributed by atoms with Gasteiger partial charge in [-0.05, 0) is 18.6 Å². The molecule has 0 bridgehead atoms. The summed E-state index contributed by atoms with van der Waals surface area (Å²) >= 11 is 5.65. The van der Waals surface area contributed by atoms with E-state index in [9.17, 15) is 18.5 Å². The maximum Gasteiger partial charge on any atom is 0.289 e. The average Bonchev–Trinajstić information content (AvgIpc) is 2.16. The summed E-state index contributed by atoms with van der Waals surface area (Å²) in [6.07, 6.45) is 0. The molecule has 0 aliphatic carbocycles. The lowest BCUT2D eigenvalue weighted by molar-refractivity contribution is -0.384. The molecule has 1 aromatic carbocycles. The number of rotatable bonds is 3. The van der Waals surface area contributed by atoms with Gasteiger partial charge in [0, 0.05) is 6.07 Å². The summed E-state index contributed by atoms with van der Waals surface area (Å²) in [4.78, 5) is 9.89. The Morgan fingerprint density at radius 2 is 2.00 bits per heavy atom. The molecular formula is C9H10ClNO4S. The zero-order chi connectivity index (χ0) is 12.5. The molecule has 5 nitrogen and oxygen atoms in total. The lowest BCUT2D eigenvalue weighted by Gasteiger charge is -2.06. The highest BCUT2D eigenvalue weighted by atomic mass is 35.5. The fourth-order valence-corrected chi connectivity index (χ4v) is 2.71. The minimum atomic E-state index is -3.46. The number of nitro groups is 1. The summed E-state index contributed by atoms with van der Waals surface area (Å²) in [6.45, 7) is 3.04. The van der Waals surface area contributed by atoms with E-state index in [0.717, 1.165) is 6.07 Å². The van der Waals surface area contributed by atoms with Crippen molar-refractivity contribution in [1.29, 1.82) is 0 Å². The van der Waals surface area contributed by atoms with Gasteiger partial charge in [0.15, 0.2) is 9.84 Å². The smallest absolute Gasteiger partial charge is 0.258 e. The molecule has 1 aromatic rings. The molecule has 0 saturated carbocycles. The number of hydrogen-bond donors (Lipinski definition) is 0. The number of halogens is 1. The first kappa shape index (κ1) is 12.9. The number of nitrogens with zero attached hydrogens (tertiary/aromatic N) is 1. The van der Waals surface area contributed by atoms with Gasteiger partial charge in [-0.25, -0.2) is 8.42 Å². The normalized spacial score (nSPS) is 11.4. The van der Waals surface area contributed by atoms with Crippen LogP contribution in [0.1, 0.15) is 12.5 Å². The molecule has 16 heavy (non-hydrogen) atoms. The number of benzene rings is 1. The van der Waals surface area contributed by atoms with Crippen LogP contribution in [0.25, 0.3) is 0 Å². The van der Waals surface area contributed by atoms with Crippen LogP contribution >= 0.6 is 11.6 Å². The molecule has 0 N–H and O–H groups in total. The first-order chi connectivity index (χ1) is 7.29. The summed E-state index contributed by atoms with van der Waals surface area (Å²) in [7, 11) is -3.46. The number of nitro benzene ring substituents is 1. The van der Waals surface area contributed by atoms with E-state index in [2.05, 4.69) is 0 Å². The van der Waals surface area contributed by atoms with Crippen molar-refractivity contribution < 1.29 is 13.3 Å². The van der Waals surface area contributed by atoms with Crippen molar-refractivity contribution >= 4 is 27.1 Å². The van der Waals surface area contributed by atoms with E-state index in [-0.39, 0.29) is 21.4 Å². The van der Waals surface area contributed by atoms with Crippen molar-refractivity contribution in [2.24, 2.45) is 0 Å². The third kappa shape index (κ3) is 2.33. The highest BCUT2D eigenvalue weighted by molar-refractivity contribution is 7.91. The average molecular weight is 264 g/mol. The molecule has 0 unspecified atom stereocenters. The van der Waals surface area contributed by atoms with Gasteiger partial charge in [-0.2, -0.15) is 0 Å². The van der Waals surface area contributed by atoms with E-state index in [1.165, 1.54) is 13.0 Å². The van der Waals surface area contributed by atoms with E-state index in [1.54, 1.807) is 6.92 Å². The Hall–Kier alpha value is -1.14. The van der Waals surface area contributed by atoms with Gasteiger partial charge in [-0.15, -0.1) is 0 Å². The van der Waals surface area contributed by atoms with E-state index in [0.29, 0.717) is 5.56 Å². The van der Waals surface area contributed by atoms with Gasteiger partial charge in [-0.1, -0.05) is 18.5 Å². The van der Waals surface area contributed by atoms with Crippen molar-refractivity contribution in [3.05, 3.63) is 32.8 Å². The van der Waals surface area contributed by atoms with Crippen LogP contribution in [0.15, 0.2) is 17.0 Å². The lowest BCUT2D eigenvalue weighted by atomic mass is 10.2. The Morgan fingerprint density at radius 3 is 2.44 bits per heavy atom. The van der Waals surface area contributed by atoms with Crippen LogP contribution in [0.2, 0.25) is 5.02 Å². The third-order valence-electron chi connectivity index (χ3n) is 2.16. The summed E-state index contributed by atoms with van der Waals surface area (Å²) < 4.78 is 23.3. The molecule has 0 amide bonds. The van der Waals surface area contributed by atoms with Crippen LogP contribution in [-0.4, -0.2) is 19.1 Å². The largest absolute Gasteiger partial charge is 0.289 e. The molecule has 0 saturated heterocycles. The minimum Gasteiger partial charge on any atom is -0.258 e. The van der Waals surface area contributed by atoms with Crippen molar-refractivity contribution in [3.63, 3.8) is 0 Å². The van der Waals surface area contributed by atoms with Gasteiger partial charge < -0.3 is 0 Å². The molecule has 0 fully saturated rings. The van der Waals surface area contributed by atoms with Gasteiger partial charge in [0.2, 0.25) is 0 Å². The van der Waals surface area contributed by atoms with Crippen molar-refractivity contribution in [1.82, 2.24) is 0 Å². The molecule has 0 atom stereocenters. The van der Waals surface area contributed by atoms with Gasteiger partial charge in [0.05, 0.1) is 15.6 Å². The zero-order valence-corrected chi connectivity index (χ0v) is 10.3. The van der Waals surface area contributed by atoms with Gasteiger partial charge in [-0.3, -0.25) is 10.1 Å². The maximum atomic E-state index is 11.6.